The molecule has 0 spiro atoms. The van der Waals surface area contributed by atoms with Crippen molar-refractivity contribution in [3.8, 4) is 0 Å². The summed E-state index contributed by atoms with van der Waals surface area (Å²) in [5, 5.41) is 1.84. The summed E-state index contributed by atoms with van der Waals surface area (Å²) in [5.41, 5.74) is 0.818. The first kappa shape index (κ1) is 20.0. The Morgan fingerprint density at radius 1 is 0.926 bits per heavy atom. The summed E-state index contributed by atoms with van der Waals surface area (Å²) in [6.07, 6.45) is 0.153. The van der Waals surface area contributed by atoms with Gasteiger partial charge in [0.2, 0.25) is 0 Å². The lowest BCUT2D eigenvalue weighted by molar-refractivity contribution is 0.554. The SMILES string of the molecule is C[Si](C)(C)C1=CS(=O)(=O)CC1(Cc1ccccc1)S(=O)(=O)c1ccccc1. The van der Waals surface area contributed by atoms with E-state index in [1.165, 1.54) is 5.41 Å². The highest BCUT2D eigenvalue weighted by Crippen LogP contribution is 2.45. The lowest BCUT2D eigenvalue weighted by atomic mass is 10.00. The number of benzene rings is 2. The summed E-state index contributed by atoms with van der Waals surface area (Å²) in [6, 6.07) is 17.5. The van der Waals surface area contributed by atoms with Gasteiger partial charge < -0.3 is 0 Å². The van der Waals surface area contributed by atoms with E-state index < -0.39 is 38.2 Å². The van der Waals surface area contributed by atoms with E-state index in [0.717, 1.165) is 5.56 Å². The molecule has 2 aromatic rings. The molecule has 0 aliphatic carbocycles. The fraction of sp³-hybridized carbons (Fsp3) is 0.300. The number of sulfone groups is 2. The van der Waals surface area contributed by atoms with Gasteiger partial charge in [-0.15, -0.1) is 0 Å². The Balaban J connectivity index is 2.30. The molecule has 0 aromatic heterocycles. The summed E-state index contributed by atoms with van der Waals surface area (Å²) in [6.45, 7) is 6.00. The van der Waals surface area contributed by atoms with Gasteiger partial charge in [0.15, 0.2) is 19.7 Å². The molecule has 0 N–H and O–H groups in total. The fourth-order valence-corrected chi connectivity index (χ4v) is 13.2. The molecule has 27 heavy (non-hydrogen) atoms. The standard InChI is InChI=1S/C20H24O4S2Si/c1-27(2,3)19-15-25(21,22)16-20(19,14-17-10-6-4-7-11-17)26(23,24)18-12-8-5-9-13-18/h4-13,15H,14,16H2,1-3H3. The normalized spacial score (nSPS) is 22.4. The zero-order chi connectivity index (χ0) is 19.9. The van der Waals surface area contributed by atoms with Crippen LogP contribution in [0.2, 0.25) is 19.6 Å². The highest BCUT2D eigenvalue weighted by Gasteiger charge is 2.57. The molecule has 2 aromatic carbocycles. The Kier molecular flexibility index (Phi) is 4.99. The summed E-state index contributed by atoms with van der Waals surface area (Å²) in [4.78, 5) is 0.169. The first-order valence-electron chi connectivity index (χ1n) is 8.77. The van der Waals surface area contributed by atoms with E-state index in [0.29, 0.717) is 5.20 Å². The molecule has 1 aliphatic heterocycles. The Labute approximate surface area is 162 Å². The summed E-state index contributed by atoms with van der Waals surface area (Å²) in [7, 11) is -9.76. The second-order valence-electron chi connectivity index (χ2n) is 8.06. The molecule has 0 saturated heterocycles. The molecule has 0 bridgehead atoms. The van der Waals surface area contributed by atoms with Crippen molar-refractivity contribution in [3.63, 3.8) is 0 Å². The molecule has 1 atom stereocenters. The van der Waals surface area contributed by atoms with Crippen LogP contribution in [-0.2, 0) is 26.1 Å². The van der Waals surface area contributed by atoms with E-state index in [1.54, 1.807) is 30.3 Å². The highest BCUT2D eigenvalue weighted by atomic mass is 32.2. The van der Waals surface area contributed by atoms with Gasteiger partial charge in [-0.05, 0) is 29.3 Å². The predicted molar refractivity (Wildman–Crippen MR) is 112 cm³/mol. The van der Waals surface area contributed by atoms with Crippen LogP contribution in [0.25, 0.3) is 0 Å². The molecule has 4 nitrogen and oxygen atoms in total. The maximum absolute atomic E-state index is 13.8. The molecule has 0 fully saturated rings. The number of rotatable bonds is 5. The van der Waals surface area contributed by atoms with Crippen LogP contribution in [0.4, 0.5) is 0 Å². The molecule has 7 heteroatoms. The van der Waals surface area contributed by atoms with Gasteiger partial charge in [0, 0.05) is 5.41 Å². The molecule has 0 radical (unpaired) electrons. The van der Waals surface area contributed by atoms with Gasteiger partial charge in [-0.25, -0.2) is 16.8 Å². The molecular formula is C20H24O4S2Si. The average Bonchev–Trinajstić information content (AvgIpc) is 2.89. The molecule has 0 saturated carbocycles. The maximum atomic E-state index is 13.8. The van der Waals surface area contributed by atoms with Crippen LogP contribution in [0.3, 0.4) is 0 Å². The largest absolute Gasteiger partial charge is 0.224 e. The van der Waals surface area contributed by atoms with E-state index in [2.05, 4.69) is 0 Å². The zero-order valence-corrected chi connectivity index (χ0v) is 18.3. The molecule has 3 rings (SSSR count). The Bertz CT molecular complexity index is 1070. The van der Waals surface area contributed by atoms with Crippen molar-refractivity contribution in [2.24, 2.45) is 0 Å². The smallest absolute Gasteiger partial charge is 0.188 e. The summed E-state index contributed by atoms with van der Waals surface area (Å²) >= 11 is 0. The van der Waals surface area contributed by atoms with Crippen molar-refractivity contribution < 1.29 is 16.8 Å². The lowest BCUT2D eigenvalue weighted by Crippen LogP contribution is -2.50. The van der Waals surface area contributed by atoms with Gasteiger partial charge >= 0.3 is 0 Å². The molecule has 144 valence electrons. The van der Waals surface area contributed by atoms with Gasteiger partial charge in [-0.2, -0.15) is 0 Å². The Hall–Kier alpha value is -1.70. The van der Waals surface area contributed by atoms with Crippen molar-refractivity contribution in [1.82, 2.24) is 0 Å². The molecule has 0 amide bonds. The number of hydrogen-bond donors (Lipinski definition) is 0. The Morgan fingerprint density at radius 2 is 1.44 bits per heavy atom. The summed E-state index contributed by atoms with van der Waals surface area (Å²) in [5.74, 6) is -0.397. The van der Waals surface area contributed by atoms with E-state index in [9.17, 15) is 16.8 Å². The van der Waals surface area contributed by atoms with Crippen LogP contribution < -0.4 is 0 Å². The van der Waals surface area contributed by atoms with Crippen LogP contribution in [0.1, 0.15) is 5.56 Å². The monoisotopic (exact) mass is 420 g/mol. The zero-order valence-electron chi connectivity index (χ0n) is 15.7. The number of hydrogen-bond acceptors (Lipinski definition) is 4. The van der Waals surface area contributed by atoms with Gasteiger partial charge in [-0.3, -0.25) is 0 Å². The van der Waals surface area contributed by atoms with E-state index >= 15 is 0 Å². The van der Waals surface area contributed by atoms with Crippen molar-refractivity contribution in [2.45, 2.75) is 35.7 Å². The highest BCUT2D eigenvalue weighted by molar-refractivity contribution is 7.98. The van der Waals surface area contributed by atoms with Crippen LogP contribution in [0.5, 0.6) is 0 Å². The second kappa shape index (κ2) is 6.72. The molecular weight excluding hydrogens is 396 g/mol. The first-order chi connectivity index (χ1) is 12.5. The van der Waals surface area contributed by atoms with Crippen molar-refractivity contribution in [2.75, 3.05) is 5.75 Å². The van der Waals surface area contributed by atoms with Gasteiger partial charge in [0.25, 0.3) is 0 Å². The topological polar surface area (TPSA) is 68.3 Å². The third kappa shape index (κ3) is 3.68. The first-order valence-corrected chi connectivity index (χ1v) is 15.5. The Morgan fingerprint density at radius 3 is 1.96 bits per heavy atom. The van der Waals surface area contributed by atoms with E-state index in [1.807, 2.05) is 50.0 Å². The molecule has 1 unspecified atom stereocenters. The van der Waals surface area contributed by atoms with Crippen molar-refractivity contribution in [1.29, 1.82) is 0 Å². The quantitative estimate of drug-likeness (QED) is 0.693. The predicted octanol–water partition coefficient (Wildman–Crippen LogP) is 3.63. The molecule has 1 aliphatic rings. The average molecular weight is 421 g/mol. The van der Waals surface area contributed by atoms with Crippen LogP contribution >= 0.6 is 0 Å². The molecule has 1 heterocycles. The van der Waals surface area contributed by atoms with Crippen molar-refractivity contribution in [3.05, 3.63) is 76.8 Å². The minimum atomic E-state index is -3.91. The minimum absolute atomic E-state index is 0.153. The lowest BCUT2D eigenvalue weighted by Gasteiger charge is -2.36. The minimum Gasteiger partial charge on any atom is -0.224 e. The van der Waals surface area contributed by atoms with Crippen molar-refractivity contribution >= 4 is 27.7 Å². The van der Waals surface area contributed by atoms with Crippen LogP contribution in [0.15, 0.2) is 76.2 Å². The van der Waals surface area contributed by atoms with Gasteiger partial charge in [0.05, 0.1) is 18.7 Å². The third-order valence-electron chi connectivity index (χ3n) is 4.93. The van der Waals surface area contributed by atoms with Crippen LogP contribution in [0, 0.1) is 0 Å². The van der Waals surface area contributed by atoms with Gasteiger partial charge in [-0.1, -0.05) is 68.2 Å². The summed E-state index contributed by atoms with van der Waals surface area (Å²) < 4.78 is 51.5. The fourth-order valence-electron chi connectivity index (χ4n) is 3.81. The van der Waals surface area contributed by atoms with Crippen LogP contribution in [-0.4, -0.2) is 35.4 Å². The van der Waals surface area contributed by atoms with Gasteiger partial charge in [0.1, 0.15) is 4.75 Å². The van der Waals surface area contributed by atoms with E-state index in [4.69, 9.17) is 0 Å². The van der Waals surface area contributed by atoms with E-state index in [-0.39, 0.29) is 11.3 Å². The maximum Gasteiger partial charge on any atom is 0.188 e. The second-order valence-corrected chi connectivity index (χ2v) is 17.2. The third-order valence-corrected chi connectivity index (χ3v) is 11.7.